The molecule has 3 nitrogen and oxygen atoms in total. The topological polar surface area (TPSA) is 43.4 Å². The van der Waals surface area contributed by atoms with Crippen molar-refractivity contribution in [3.8, 4) is 0 Å². The number of Topliss-reactive ketones (excluding diaryl/α,β-unsaturated/α-hetero) is 1. The summed E-state index contributed by atoms with van der Waals surface area (Å²) in [5, 5.41) is 0. The summed E-state index contributed by atoms with van der Waals surface area (Å²) >= 11 is 0. The van der Waals surface area contributed by atoms with Gasteiger partial charge in [-0.15, -0.1) is 0 Å². The van der Waals surface area contributed by atoms with Gasteiger partial charge in [0.25, 0.3) is 0 Å². The standard InChI is InChI=1S/C14H16O3/c1-10(15)9-14(11(2)17-12(3)16)13-7-5-4-6-8-13/h4-8H,9H2,1-3H3/b14-11+/i1D3,3D3. The van der Waals surface area contributed by atoms with Crippen LogP contribution in [-0.4, -0.2) is 11.8 Å². The van der Waals surface area contributed by atoms with Crippen molar-refractivity contribution in [1.82, 2.24) is 0 Å². The van der Waals surface area contributed by atoms with Crippen molar-refractivity contribution in [2.45, 2.75) is 27.0 Å². The van der Waals surface area contributed by atoms with E-state index in [-0.39, 0.29) is 11.3 Å². The van der Waals surface area contributed by atoms with E-state index >= 15 is 0 Å². The number of rotatable bonds is 4. The zero-order valence-electron chi connectivity index (χ0n) is 15.3. The van der Waals surface area contributed by atoms with Crippen LogP contribution >= 0.6 is 0 Å². The lowest BCUT2D eigenvalue weighted by Gasteiger charge is -2.10. The molecule has 0 radical (unpaired) electrons. The lowest BCUT2D eigenvalue weighted by atomic mass is 10.00. The van der Waals surface area contributed by atoms with Gasteiger partial charge < -0.3 is 4.74 Å². The number of esters is 1. The Balaban J connectivity index is 3.21. The first kappa shape index (κ1) is 6.74. The van der Waals surface area contributed by atoms with Crippen LogP contribution in [0.1, 0.15) is 40.8 Å². The third-order valence-electron chi connectivity index (χ3n) is 2.13. The zero-order valence-corrected chi connectivity index (χ0v) is 9.32. The number of hydrogen-bond acceptors (Lipinski definition) is 3. The predicted molar refractivity (Wildman–Crippen MR) is 66.1 cm³/mol. The maximum absolute atomic E-state index is 11.8. The third kappa shape index (κ3) is 4.23. The van der Waals surface area contributed by atoms with E-state index in [1.165, 1.54) is 6.92 Å². The largest absolute Gasteiger partial charge is 0.431 e. The summed E-state index contributed by atoms with van der Waals surface area (Å²) < 4.78 is 47.2. The monoisotopic (exact) mass is 238 g/mol. The molecule has 0 unspecified atom stereocenters. The highest BCUT2D eigenvalue weighted by Gasteiger charge is 2.11. The normalized spacial score (nSPS) is 18.4. The molecule has 0 saturated heterocycles. The zero-order chi connectivity index (χ0) is 17.8. The summed E-state index contributed by atoms with van der Waals surface area (Å²) in [5.74, 6) is -2.58. The van der Waals surface area contributed by atoms with E-state index in [0.717, 1.165) is 0 Å². The van der Waals surface area contributed by atoms with E-state index in [1.54, 1.807) is 30.3 Å². The average molecular weight is 238 g/mol. The number of ether oxygens (including phenoxy) is 1. The Morgan fingerprint density at radius 3 is 2.53 bits per heavy atom. The first-order valence-electron chi connectivity index (χ1n) is 7.93. The molecule has 3 heteroatoms. The molecule has 0 amide bonds. The summed E-state index contributed by atoms with van der Waals surface area (Å²) in [6.07, 6.45) is -0.499. The molecule has 0 saturated carbocycles. The van der Waals surface area contributed by atoms with Crippen LogP contribution in [-0.2, 0) is 14.3 Å². The summed E-state index contributed by atoms with van der Waals surface area (Å²) in [6.45, 7) is -4.43. The van der Waals surface area contributed by atoms with E-state index in [0.29, 0.717) is 5.56 Å². The lowest BCUT2D eigenvalue weighted by Crippen LogP contribution is -2.02. The molecule has 90 valence electrons. The average Bonchev–Trinajstić information content (AvgIpc) is 2.43. The highest BCUT2D eigenvalue weighted by atomic mass is 16.5. The Kier molecular flexibility index (Phi) is 2.38. The fourth-order valence-corrected chi connectivity index (χ4v) is 1.43. The molecule has 1 aromatic carbocycles. The molecule has 0 fully saturated rings. The van der Waals surface area contributed by atoms with E-state index in [4.69, 9.17) is 13.0 Å². The van der Waals surface area contributed by atoms with Crippen molar-refractivity contribution in [3.63, 3.8) is 0 Å². The maximum atomic E-state index is 11.8. The van der Waals surface area contributed by atoms with Gasteiger partial charge in [0.15, 0.2) is 0 Å². The molecule has 0 aliphatic carbocycles. The van der Waals surface area contributed by atoms with Gasteiger partial charge in [-0.25, -0.2) is 0 Å². The van der Waals surface area contributed by atoms with Crippen molar-refractivity contribution in [1.29, 1.82) is 0 Å². The minimum atomic E-state index is -2.95. The molecule has 0 aromatic heterocycles. The first-order chi connectivity index (χ1) is 10.4. The van der Waals surface area contributed by atoms with Gasteiger partial charge in [0.05, 0.1) is 0 Å². The summed E-state index contributed by atoms with van der Waals surface area (Å²) in [6, 6.07) is 8.25. The minimum absolute atomic E-state index is 0.116. The van der Waals surface area contributed by atoms with Gasteiger partial charge in [-0.1, -0.05) is 30.3 Å². The Morgan fingerprint density at radius 1 is 1.24 bits per heavy atom. The van der Waals surface area contributed by atoms with Gasteiger partial charge >= 0.3 is 5.97 Å². The van der Waals surface area contributed by atoms with Gasteiger partial charge in [-0.05, 0) is 19.3 Å². The van der Waals surface area contributed by atoms with E-state index < -0.39 is 31.9 Å². The molecule has 0 aliphatic heterocycles. The fraction of sp³-hybridized carbons (Fsp3) is 0.286. The molecule has 1 rings (SSSR count). The molecule has 17 heavy (non-hydrogen) atoms. The number of ketones is 1. The number of hydrogen-bond donors (Lipinski definition) is 0. The molecule has 0 atom stereocenters. The van der Waals surface area contributed by atoms with Crippen LogP contribution in [0.25, 0.3) is 5.57 Å². The number of allylic oxidation sites excluding steroid dienone is 2. The Labute approximate surface area is 110 Å². The van der Waals surface area contributed by atoms with Gasteiger partial charge in [0.1, 0.15) is 11.5 Å². The molecular weight excluding hydrogens is 216 g/mol. The van der Waals surface area contributed by atoms with Gasteiger partial charge in [0, 0.05) is 27.1 Å². The maximum Gasteiger partial charge on any atom is 0.307 e. The highest BCUT2D eigenvalue weighted by Crippen LogP contribution is 2.23. The minimum Gasteiger partial charge on any atom is -0.431 e. The van der Waals surface area contributed by atoms with Crippen LogP contribution < -0.4 is 0 Å². The molecule has 0 spiro atoms. The molecular formula is C14H16O3. The summed E-state index contributed by atoms with van der Waals surface area (Å²) in [5.41, 5.74) is 0.630. The van der Waals surface area contributed by atoms with Gasteiger partial charge in [-0.2, -0.15) is 0 Å². The Bertz CT molecular complexity index is 614. The fourth-order valence-electron chi connectivity index (χ4n) is 1.43. The Hall–Kier alpha value is -1.90. The van der Waals surface area contributed by atoms with Crippen molar-refractivity contribution in [2.24, 2.45) is 0 Å². The molecule has 0 heterocycles. The molecule has 0 aliphatic rings. The van der Waals surface area contributed by atoms with Gasteiger partial charge in [0.2, 0.25) is 0 Å². The first-order valence-corrected chi connectivity index (χ1v) is 4.93. The van der Waals surface area contributed by atoms with Crippen LogP contribution in [0, 0.1) is 0 Å². The SMILES string of the molecule is [2H]C([2H])([2H])C(=O)C/C(=C(/C)OC(=O)C([2H])([2H])[2H])c1ccccc1. The molecule has 1 aromatic rings. The van der Waals surface area contributed by atoms with Crippen molar-refractivity contribution in [3.05, 3.63) is 41.7 Å². The summed E-state index contributed by atoms with van der Waals surface area (Å²) in [4.78, 5) is 23.3. The molecule has 0 bridgehead atoms. The van der Waals surface area contributed by atoms with Crippen LogP contribution in [0.5, 0.6) is 0 Å². The van der Waals surface area contributed by atoms with Crippen molar-refractivity contribution in [2.75, 3.05) is 0 Å². The van der Waals surface area contributed by atoms with Crippen molar-refractivity contribution >= 4 is 17.3 Å². The Morgan fingerprint density at radius 2 is 1.94 bits per heavy atom. The number of benzene rings is 1. The number of carbonyl (C=O) groups is 2. The molecule has 0 N–H and O–H groups in total. The van der Waals surface area contributed by atoms with E-state index in [1.807, 2.05) is 0 Å². The van der Waals surface area contributed by atoms with E-state index in [2.05, 4.69) is 0 Å². The van der Waals surface area contributed by atoms with Crippen LogP contribution in [0.4, 0.5) is 0 Å². The predicted octanol–water partition coefficient (Wildman–Crippen LogP) is 2.96. The van der Waals surface area contributed by atoms with Gasteiger partial charge in [-0.3, -0.25) is 9.59 Å². The van der Waals surface area contributed by atoms with Crippen LogP contribution in [0.2, 0.25) is 0 Å². The lowest BCUT2D eigenvalue weighted by molar-refractivity contribution is -0.136. The quantitative estimate of drug-likeness (QED) is 0.598. The highest BCUT2D eigenvalue weighted by molar-refractivity contribution is 5.89. The summed E-state index contributed by atoms with van der Waals surface area (Å²) in [7, 11) is 0. The third-order valence-corrected chi connectivity index (χ3v) is 2.13. The van der Waals surface area contributed by atoms with Crippen LogP contribution in [0.15, 0.2) is 36.1 Å². The van der Waals surface area contributed by atoms with Crippen LogP contribution in [0.3, 0.4) is 0 Å². The second-order valence-electron chi connectivity index (χ2n) is 3.39. The second-order valence-corrected chi connectivity index (χ2v) is 3.39. The smallest absolute Gasteiger partial charge is 0.307 e. The van der Waals surface area contributed by atoms with Crippen molar-refractivity contribution < 1.29 is 22.6 Å². The number of carbonyl (C=O) groups excluding carboxylic acids is 2. The second kappa shape index (κ2) is 5.99. The van der Waals surface area contributed by atoms with E-state index in [9.17, 15) is 9.59 Å².